The number of benzene rings is 2. The summed E-state index contributed by atoms with van der Waals surface area (Å²) in [6.45, 7) is 7.40. The number of nitrogens with zero attached hydrogens (tertiary/aromatic N) is 1. The average molecular weight is 336 g/mol. The molecular weight excluding hydrogens is 316 g/mol. The Bertz CT molecular complexity index is 844. The molecule has 0 radical (unpaired) electrons. The number of anilines is 1. The van der Waals surface area contributed by atoms with E-state index in [9.17, 15) is 14.4 Å². The van der Waals surface area contributed by atoms with Gasteiger partial charge in [-0.25, -0.2) is 0 Å². The molecule has 0 spiro atoms. The molecule has 0 aliphatic carbocycles. The van der Waals surface area contributed by atoms with E-state index in [1.165, 1.54) is 0 Å². The second kappa shape index (κ2) is 6.16. The second-order valence-corrected chi connectivity index (χ2v) is 6.46. The summed E-state index contributed by atoms with van der Waals surface area (Å²) < 4.78 is 0. The van der Waals surface area contributed by atoms with Gasteiger partial charge in [-0.3, -0.25) is 19.3 Å². The number of aryl methyl sites for hydroxylation is 3. The first-order valence-corrected chi connectivity index (χ1v) is 8.17. The molecule has 5 nitrogen and oxygen atoms in total. The Balaban J connectivity index is 1.85. The Kier molecular flexibility index (Phi) is 4.17. The Morgan fingerprint density at radius 1 is 0.960 bits per heavy atom. The van der Waals surface area contributed by atoms with Crippen LogP contribution in [0.4, 0.5) is 5.69 Å². The highest BCUT2D eigenvalue weighted by atomic mass is 16.2. The third-order valence-corrected chi connectivity index (χ3v) is 4.52. The molecule has 0 fully saturated rings. The van der Waals surface area contributed by atoms with Gasteiger partial charge < -0.3 is 5.32 Å². The van der Waals surface area contributed by atoms with Gasteiger partial charge in [-0.1, -0.05) is 29.8 Å². The molecule has 128 valence electrons. The standard InChI is InChI=1S/C20H20N2O3/c1-11-9-12(2)17(13(3)10-11)21-18(23)14(4)22-19(24)15-7-5-6-8-16(15)20(22)25/h5-10,14H,1-4H3,(H,21,23). The fourth-order valence-corrected chi connectivity index (χ4v) is 3.28. The molecule has 1 unspecified atom stereocenters. The maximum atomic E-state index is 12.7. The lowest BCUT2D eigenvalue weighted by Gasteiger charge is -2.23. The van der Waals surface area contributed by atoms with Crippen molar-refractivity contribution in [2.24, 2.45) is 0 Å². The highest BCUT2D eigenvalue weighted by Gasteiger charge is 2.40. The van der Waals surface area contributed by atoms with Crippen LogP contribution in [0.5, 0.6) is 0 Å². The first-order valence-electron chi connectivity index (χ1n) is 8.17. The molecule has 1 aliphatic heterocycles. The summed E-state index contributed by atoms with van der Waals surface area (Å²) in [6.07, 6.45) is 0. The van der Waals surface area contributed by atoms with E-state index in [2.05, 4.69) is 5.32 Å². The molecular formula is C20H20N2O3. The average Bonchev–Trinajstić information content (AvgIpc) is 2.82. The van der Waals surface area contributed by atoms with Gasteiger partial charge in [-0.2, -0.15) is 0 Å². The van der Waals surface area contributed by atoms with Gasteiger partial charge in [-0.15, -0.1) is 0 Å². The zero-order chi connectivity index (χ0) is 18.3. The van der Waals surface area contributed by atoms with Crippen LogP contribution in [-0.4, -0.2) is 28.7 Å². The van der Waals surface area contributed by atoms with Gasteiger partial charge in [0, 0.05) is 5.69 Å². The van der Waals surface area contributed by atoms with Crippen LogP contribution >= 0.6 is 0 Å². The normalized spacial score (nSPS) is 14.5. The van der Waals surface area contributed by atoms with Crippen molar-refractivity contribution in [3.05, 3.63) is 64.2 Å². The number of hydrogen-bond acceptors (Lipinski definition) is 3. The number of fused-ring (bicyclic) bond motifs is 1. The third kappa shape index (κ3) is 2.82. The Morgan fingerprint density at radius 3 is 1.92 bits per heavy atom. The minimum absolute atomic E-state index is 0.342. The number of amides is 3. The number of imide groups is 1. The van der Waals surface area contributed by atoms with E-state index in [0.29, 0.717) is 11.1 Å². The lowest BCUT2D eigenvalue weighted by molar-refractivity contribution is -0.119. The molecule has 1 aliphatic rings. The highest BCUT2D eigenvalue weighted by Crippen LogP contribution is 2.26. The lowest BCUT2D eigenvalue weighted by atomic mass is 10.0. The second-order valence-electron chi connectivity index (χ2n) is 6.46. The molecule has 0 aromatic heterocycles. The van der Waals surface area contributed by atoms with Crippen molar-refractivity contribution in [2.45, 2.75) is 33.7 Å². The predicted molar refractivity (Wildman–Crippen MR) is 95.7 cm³/mol. The highest BCUT2D eigenvalue weighted by molar-refractivity contribution is 6.23. The largest absolute Gasteiger partial charge is 0.324 e. The predicted octanol–water partition coefficient (Wildman–Crippen LogP) is 3.24. The molecule has 2 aromatic rings. The molecule has 0 saturated carbocycles. The van der Waals surface area contributed by atoms with E-state index in [1.807, 2.05) is 32.9 Å². The van der Waals surface area contributed by atoms with Gasteiger partial charge >= 0.3 is 0 Å². The van der Waals surface area contributed by atoms with Gasteiger partial charge in [0.2, 0.25) is 5.91 Å². The van der Waals surface area contributed by atoms with Crippen LogP contribution in [0.2, 0.25) is 0 Å². The molecule has 0 saturated heterocycles. The molecule has 1 heterocycles. The maximum Gasteiger partial charge on any atom is 0.262 e. The van der Waals surface area contributed by atoms with E-state index in [1.54, 1.807) is 31.2 Å². The quantitative estimate of drug-likeness (QED) is 0.875. The Labute approximate surface area is 146 Å². The van der Waals surface area contributed by atoms with Gasteiger partial charge in [-0.05, 0) is 51.0 Å². The van der Waals surface area contributed by atoms with Gasteiger partial charge in [0.1, 0.15) is 6.04 Å². The van der Waals surface area contributed by atoms with Crippen LogP contribution in [0.25, 0.3) is 0 Å². The van der Waals surface area contributed by atoms with Gasteiger partial charge in [0.25, 0.3) is 11.8 Å². The van der Waals surface area contributed by atoms with Crippen LogP contribution in [0.3, 0.4) is 0 Å². The minimum atomic E-state index is -0.896. The molecule has 3 rings (SSSR count). The van der Waals surface area contributed by atoms with Crippen LogP contribution in [-0.2, 0) is 4.79 Å². The monoisotopic (exact) mass is 336 g/mol. The minimum Gasteiger partial charge on any atom is -0.324 e. The fraction of sp³-hybridized carbons (Fsp3) is 0.250. The van der Waals surface area contributed by atoms with E-state index in [4.69, 9.17) is 0 Å². The SMILES string of the molecule is Cc1cc(C)c(NC(=O)C(C)N2C(=O)c3ccccc3C2=O)c(C)c1. The van der Waals surface area contributed by atoms with Crippen molar-refractivity contribution in [2.75, 3.05) is 5.32 Å². The van der Waals surface area contributed by atoms with Crippen LogP contribution in [0.15, 0.2) is 36.4 Å². The van der Waals surface area contributed by atoms with Crippen LogP contribution < -0.4 is 5.32 Å². The van der Waals surface area contributed by atoms with Crippen LogP contribution in [0.1, 0.15) is 44.3 Å². The lowest BCUT2D eigenvalue weighted by Crippen LogP contribution is -2.45. The zero-order valence-electron chi connectivity index (χ0n) is 14.7. The number of carbonyl (C=O) groups is 3. The summed E-state index contributed by atoms with van der Waals surface area (Å²) in [7, 11) is 0. The van der Waals surface area contributed by atoms with Crippen molar-refractivity contribution < 1.29 is 14.4 Å². The van der Waals surface area contributed by atoms with Crippen LogP contribution in [0, 0.1) is 20.8 Å². The zero-order valence-corrected chi connectivity index (χ0v) is 14.7. The summed E-state index contributed by atoms with van der Waals surface area (Å²) in [4.78, 5) is 38.7. The van der Waals surface area contributed by atoms with Crippen molar-refractivity contribution in [3.63, 3.8) is 0 Å². The molecule has 2 aromatic carbocycles. The topological polar surface area (TPSA) is 66.5 Å². The number of rotatable bonds is 3. The Morgan fingerprint density at radius 2 is 1.44 bits per heavy atom. The first-order chi connectivity index (χ1) is 11.8. The first kappa shape index (κ1) is 16.9. The van der Waals surface area contributed by atoms with E-state index in [-0.39, 0.29) is 5.91 Å². The molecule has 5 heteroatoms. The van der Waals surface area contributed by atoms with Gasteiger partial charge in [0.05, 0.1) is 11.1 Å². The summed E-state index contributed by atoms with van der Waals surface area (Å²) >= 11 is 0. The van der Waals surface area contributed by atoms with Gasteiger partial charge in [0.15, 0.2) is 0 Å². The Hall–Kier alpha value is -2.95. The molecule has 1 N–H and O–H groups in total. The van der Waals surface area contributed by atoms with Crippen molar-refractivity contribution >= 4 is 23.4 Å². The smallest absolute Gasteiger partial charge is 0.262 e. The molecule has 0 bridgehead atoms. The molecule has 25 heavy (non-hydrogen) atoms. The summed E-state index contributed by atoms with van der Waals surface area (Å²) in [6, 6.07) is 9.69. The number of nitrogens with one attached hydrogen (secondary N) is 1. The van der Waals surface area contributed by atoms with Crippen molar-refractivity contribution in [1.82, 2.24) is 4.90 Å². The molecule has 3 amide bonds. The summed E-state index contributed by atoms with van der Waals surface area (Å²) in [5, 5.41) is 2.87. The maximum absolute atomic E-state index is 12.7. The van der Waals surface area contributed by atoms with Crippen molar-refractivity contribution in [3.8, 4) is 0 Å². The number of hydrogen-bond donors (Lipinski definition) is 1. The summed E-state index contributed by atoms with van der Waals surface area (Å²) in [5.74, 6) is -1.24. The van der Waals surface area contributed by atoms with E-state index in [0.717, 1.165) is 27.3 Å². The number of carbonyl (C=O) groups excluding carboxylic acids is 3. The summed E-state index contributed by atoms with van der Waals surface area (Å²) in [5.41, 5.74) is 4.41. The van der Waals surface area contributed by atoms with E-state index >= 15 is 0 Å². The molecule has 1 atom stereocenters. The fourth-order valence-electron chi connectivity index (χ4n) is 3.28. The third-order valence-electron chi connectivity index (χ3n) is 4.52. The van der Waals surface area contributed by atoms with Crippen molar-refractivity contribution in [1.29, 1.82) is 0 Å². The van der Waals surface area contributed by atoms with E-state index < -0.39 is 17.9 Å².